The van der Waals surface area contributed by atoms with Gasteiger partial charge >= 0.3 is 0 Å². The van der Waals surface area contributed by atoms with Crippen LogP contribution in [0.15, 0.2) is 0 Å². The van der Waals surface area contributed by atoms with Crippen LogP contribution in [0.5, 0.6) is 0 Å². The van der Waals surface area contributed by atoms with Gasteiger partial charge < -0.3 is 14.4 Å². The molecule has 1 amide bonds. The Bertz CT molecular complexity index is 374. The Labute approximate surface area is 127 Å². The van der Waals surface area contributed by atoms with Crippen LogP contribution in [0, 0.1) is 0 Å². The monoisotopic (exact) mass is 296 g/mol. The number of ether oxygens (including phenoxy) is 2. The fourth-order valence-corrected chi connectivity index (χ4v) is 3.89. The third kappa shape index (κ3) is 3.41. The second-order valence-electron chi connectivity index (χ2n) is 7.09. The zero-order valence-electron chi connectivity index (χ0n) is 13.3. The Balaban J connectivity index is 1.45. The maximum Gasteiger partial charge on any atom is 0.248 e. The van der Waals surface area contributed by atoms with Crippen molar-refractivity contribution in [2.75, 3.05) is 40.4 Å². The Morgan fingerprint density at radius 2 is 2.00 bits per heavy atom. The number of amides is 1. The van der Waals surface area contributed by atoms with Gasteiger partial charge in [0, 0.05) is 46.3 Å². The molecule has 21 heavy (non-hydrogen) atoms. The summed E-state index contributed by atoms with van der Waals surface area (Å²) in [5.74, 6) is 0.0386. The fraction of sp³-hybridized carbons (Fsp3) is 0.938. The van der Waals surface area contributed by atoms with E-state index in [-0.39, 0.29) is 24.2 Å². The summed E-state index contributed by atoms with van der Waals surface area (Å²) in [6.07, 6.45) is 7.50. The van der Waals surface area contributed by atoms with Crippen molar-refractivity contribution >= 4 is 5.91 Å². The summed E-state index contributed by atoms with van der Waals surface area (Å²) in [7, 11) is 3.53. The van der Waals surface area contributed by atoms with Gasteiger partial charge in [-0.05, 0) is 19.3 Å². The highest BCUT2D eigenvalue weighted by Crippen LogP contribution is 2.39. The first-order chi connectivity index (χ1) is 10.1. The summed E-state index contributed by atoms with van der Waals surface area (Å²) in [4.78, 5) is 15.8. The third-order valence-corrected chi connectivity index (χ3v) is 5.21. The highest BCUT2D eigenvalue weighted by Gasteiger charge is 2.49. The van der Waals surface area contributed by atoms with Crippen LogP contribution >= 0.6 is 0 Å². The summed E-state index contributed by atoms with van der Waals surface area (Å²) >= 11 is 0. The summed E-state index contributed by atoms with van der Waals surface area (Å²) < 4.78 is 11.9. The Hall–Kier alpha value is -0.650. The van der Waals surface area contributed by atoms with Gasteiger partial charge in [0.2, 0.25) is 5.91 Å². The number of rotatable bonds is 4. The minimum atomic E-state index is 0.00662. The number of likely N-dealkylation sites (tertiary alicyclic amines) is 1. The fourth-order valence-electron chi connectivity index (χ4n) is 3.89. The zero-order valence-corrected chi connectivity index (χ0v) is 13.3. The van der Waals surface area contributed by atoms with Crippen molar-refractivity contribution in [3.63, 3.8) is 0 Å². The largest absolute Gasteiger partial charge is 0.372 e. The molecule has 0 unspecified atom stereocenters. The first kappa shape index (κ1) is 15.3. The van der Waals surface area contributed by atoms with Crippen LogP contribution in [-0.2, 0) is 14.3 Å². The van der Waals surface area contributed by atoms with Crippen molar-refractivity contribution in [2.45, 2.75) is 56.3 Å². The van der Waals surface area contributed by atoms with Crippen LogP contribution in [-0.4, -0.2) is 73.9 Å². The highest BCUT2D eigenvalue weighted by atomic mass is 16.5. The molecule has 1 spiro atoms. The minimum Gasteiger partial charge on any atom is -0.372 e. The smallest absolute Gasteiger partial charge is 0.248 e. The van der Waals surface area contributed by atoms with Crippen LogP contribution in [0.2, 0.25) is 0 Å². The summed E-state index contributed by atoms with van der Waals surface area (Å²) in [6, 6.07) is 0.788. The maximum atomic E-state index is 11.6. The molecule has 3 aliphatic rings. The van der Waals surface area contributed by atoms with E-state index in [4.69, 9.17) is 9.47 Å². The molecule has 0 bridgehead atoms. The molecule has 0 aromatic rings. The van der Waals surface area contributed by atoms with Gasteiger partial charge in [0.1, 0.15) is 6.61 Å². The molecular weight excluding hydrogens is 268 g/mol. The van der Waals surface area contributed by atoms with E-state index in [1.54, 1.807) is 19.0 Å². The molecule has 5 nitrogen and oxygen atoms in total. The molecule has 1 aliphatic carbocycles. The molecule has 2 heterocycles. The molecule has 0 N–H and O–H groups in total. The molecular formula is C16H28N2O3. The van der Waals surface area contributed by atoms with Crippen LogP contribution in [0.3, 0.4) is 0 Å². The van der Waals surface area contributed by atoms with Gasteiger partial charge in [-0.25, -0.2) is 0 Å². The van der Waals surface area contributed by atoms with Crippen molar-refractivity contribution in [1.29, 1.82) is 0 Å². The van der Waals surface area contributed by atoms with Gasteiger partial charge in [-0.15, -0.1) is 0 Å². The molecule has 1 saturated carbocycles. The van der Waals surface area contributed by atoms with Crippen molar-refractivity contribution in [3.05, 3.63) is 0 Å². The summed E-state index contributed by atoms with van der Waals surface area (Å²) in [6.45, 7) is 3.07. The number of nitrogens with zero attached hydrogens (tertiary/aromatic N) is 2. The van der Waals surface area contributed by atoms with Gasteiger partial charge in [-0.2, -0.15) is 0 Å². The lowest BCUT2D eigenvalue weighted by Gasteiger charge is -2.55. The van der Waals surface area contributed by atoms with Gasteiger partial charge in [0.15, 0.2) is 0 Å². The quantitative estimate of drug-likeness (QED) is 0.783. The maximum absolute atomic E-state index is 11.6. The number of likely N-dealkylation sites (N-methyl/N-ethyl adjacent to an activating group) is 1. The van der Waals surface area contributed by atoms with Gasteiger partial charge in [0.05, 0.1) is 11.7 Å². The molecule has 3 rings (SSSR count). The minimum absolute atomic E-state index is 0.00662. The van der Waals surface area contributed by atoms with Crippen LogP contribution in [0.1, 0.15) is 38.5 Å². The molecule has 3 fully saturated rings. The normalized spacial score (nSPS) is 29.5. The van der Waals surface area contributed by atoms with Gasteiger partial charge in [-0.1, -0.05) is 12.8 Å². The zero-order chi connectivity index (χ0) is 14.9. The van der Waals surface area contributed by atoms with Crippen molar-refractivity contribution in [2.24, 2.45) is 0 Å². The molecule has 2 aliphatic heterocycles. The number of hydrogen-bond acceptors (Lipinski definition) is 4. The molecule has 1 atom stereocenters. The average Bonchev–Trinajstić information content (AvgIpc) is 2.96. The second kappa shape index (κ2) is 6.23. The Morgan fingerprint density at radius 1 is 1.29 bits per heavy atom. The van der Waals surface area contributed by atoms with Crippen LogP contribution < -0.4 is 0 Å². The van der Waals surface area contributed by atoms with E-state index in [1.165, 1.54) is 25.7 Å². The Morgan fingerprint density at radius 3 is 2.67 bits per heavy atom. The second-order valence-corrected chi connectivity index (χ2v) is 7.09. The number of carbonyl (C=O) groups is 1. The topological polar surface area (TPSA) is 42.0 Å². The molecule has 120 valence electrons. The van der Waals surface area contributed by atoms with E-state index in [2.05, 4.69) is 4.90 Å². The van der Waals surface area contributed by atoms with E-state index < -0.39 is 0 Å². The Kier molecular flexibility index (Phi) is 4.52. The predicted octanol–water partition coefficient (Wildman–Crippen LogP) is 1.27. The van der Waals surface area contributed by atoms with Crippen molar-refractivity contribution in [3.8, 4) is 0 Å². The lowest BCUT2D eigenvalue weighted by molar-refractivity contribution is -0.205. The first-order valence-electron chi connectivity index (χ1n) is 8.28. The van der Waals surface area contributed by atoms with E-state index >= 15 is 0 Å². The third-order valence-electron chi connectivity index (χ3n) is 5.21. The number of carbonyl (C=O) groups excluding carboxylic acids is 1. The summed E-state index contributed by atoms with van der Waals surface area (Å²) in [5, 5.41) is 0. The van der Waals surface area contributed by atoms with Crippen LogP contribution in [0.4, 0.5) is 0 Å². The molecule has 5 heteroatoms. The number of hydrogen-bond donors (Lipinski definition) is 0. The van der Waals surface area contributed by atoms with E-state index in [0.717, 1.165) is 38.6 Å². The standard InChI is InChI=1S/C16H28N2O3/c1-17(2)15(19)10-20-14-7-8-21-16(9-14)11-18(12-16)13-5-3-4-6-13/h13-14H,3-12H2,1-2H3/t14-/m0/s1. The van der Waals surface area contributed by atoms with E-state index in [9.17, 15) is 4.79 Å². The lowest BCUT2D eigenvalue weighted by Crippen LogP contribution is -2.67. The molecule has 0 radical (unpaired) electrons. The highest BCUT2D eigenvalue weighted by molar-refractivity contribution is 5.76. The van der Waals surface area contributed by atoms with Crippen LogP contribution in [0.25, 0.3) is 0 Å². The average molecular weight is 296 g/mol. The first-order valence-corrected chi connectivity index (χ1v) is 8.28. The SMILES string of the molecule is CN(C)C(=O)CO[C@H]1CCOC2(C1)CN(C1CCCC1)C2. The van der Waals surface area contributed by atoms with Crippen molar-refractivity contribution < 1.29 is 14.3 Å². The molecule has 0 aromatic carbocycles. The van der Waals surface area contributed by atoms with E-state index in [0.29, 0.717) is 0 Å². The van der Waals surface area contributed by atoms with Crippen molar-refractivity contribution in [1.82, 2.24) is 9.80 Å². The van der Waals surface area contributed by atoms with Gasteiger partial charge in [-0.3, -0.25) is 9.69 Å². The summed E-state index contributed by atoms with van der Waals surface area (Å²) in [5.41, 5.74) is 0.00662. The predicted molar refractivity (Wildman–Crippen MR) is 80.2 cm³/mol. The van der Waals surface area contributed by atoms with Gasteiger partial charge in [0.25, 0.3) is 0 Å². The van der Waals surface area contributed by atoms with E-state index in [1.807, 2.05) is 0 Å². The molecule has 2 saturated heterocycles. The molecule has 0 aromatic heterocycles. The lowest BCUT2D eigenvalue weighted by atomic mass is 9.83.